The van der Waals surface area contributed by atoms with E-state index in [2.05, 4.69) is 12.2 Å². The van der Waals surface area contributed by atoms with Gasteiger partial charge in [0.2, 0.25) is 11.7 Å². The van der Waals surface area contributed by atoms with Crippen molar-refractivity contribution in [2.45, 2.75) is 90.4 Å². The van der Waals surface area contributed by atoms with Crippen LogP contribution in [0.2, 0.25) is 0 Å². The van der Waals surface area contributed by atoms with Crippen molar-refractivity contribution in [3.8, 4) is 0 Å². The van der Waals surface area contributed by atoms with E-state index in [-0.39, 0.29) is 36.0 Å². The molecule has 2 amide bonds. The number of carbonyl (C=O) groups is 2. The van der Waals surface area contributed by atoms with Gasteiger partial charge in [-0.15, -0.1) is 0 Å². The van der Waals surface area contributed by atoms with Crippen molar-refractivity contribution < 1.29 is 28.5 Å². The van der Waals surface area contributed by atoms with Gasteiger partial charge in [0.15, 0.2) is 0 Å². The Labute approximate surface area is 186 Å². The number of likely N-dealkylation sites (tertiary alicyclic amines) is 1. The molecule has 0 aromatic rings. The van der Waals surface area contributed by atoms with E-state index in [1.807, 2.05) is 18.7 Å². The van der Waals surface area contributed by atoms with Gasteiger partial charge >= 0.3 is 6.09 Å². The van der Waals surface area contributed by atoms with E-state index in [0.29, 0.717) is 18.9 Å². The predicted molar refractivity (Wildman–Crippen MR) is 115 cm³/mol. The fourth-order valence-electron chi connectivity index (χ4n) is 5.62. The van der Waals surface area contributed by atoms with Gasteiger partial charge in [-0.3, -0.25) is 4.79 Å². The van der Waals surface area contributed by atoms with Gasteiger partial charge in [0, 0.05) is 26.2 Å². The van der Waals surface area contributed by atoms with Crippen LogP contribution in [0.4, 0.5) is 4.79 Å². The summed E-state index contributed by atoms with van der Waals surface area (Å²) in [4.78, 5) is 28.6. The van der Waals surface area contributed by atoms with Crippen LogP contribution in [-0.4, -0.2) is 73.3 Å². The van der Waals surface area contributed by atoms with Gasteiger partial charge in [-0.05, 0) is 52.4 Å². The molecule has 1 N–H and O–H groups in total. The highest BCUT2D eigenvalue weighted by Gasteiger charge is 2.73. The average molecular weight is 441 g/mol. The fraction of sp³-hybridized carbons (Fsp3) is 0.913. The number of alkyl carbamates (subject to hydrolysis) is 1. The number of hydrogen-bond donors (Lipinski definition) is 1. The van der Waals surface area contributed by atoms with Crippen molar-refractivity contribution in [3.05, 3.63) is 0 Å². The molecule has 2 aliphatic heterocycles. The van der Waals surface area contributed by atoms with Crippen LogP contribution in [0.3, 0.4) is 0 Å². The molecule has 8 heteroatoms. The maximum absolute atomic E-state index is 14.1. The molecule has 1 spiro atoms. The number of carbonyl (C=O) groups excluding carboxylic acids is 2. The summed E-state index contributed by atoms with van der Waals surface area (Å²) in [6.45, 7) is 14.3. The maximum atomic E-state index is 14.1. The first kappa shape index (κ1) is 24.3. The van der Waals surface area contributed by atoms with Crippen molar-refractivity contribution in [1.82, 2.24) is 10.2 Å². The number of amides is 2. The highest BCUT2D eigenvalue weighted by Crippen LogP contribution is 2.64. The highest BCUT2D eigenvalue weighted by atomic mass is 16.7. The molecule has 8 nitrogen and oxygen atoms in total. The number of methoxy groups -OCH3 is 2. The SMILES string of the molecule is COC1(OC)COC2C1N(C(=O)C(C)(CC(C)C)NC(=O)OC(C)(C)C)CC21CC1C. The third-order valence-electron chi connectivity index (χ3n) is 7.09. The number of nitrogens with zero attached hydrogens (tertiary/aromatic N) is 1. The fourth-order valence-corrected chi connectivity index (χ4v) is 5.62. The molecule has 3 aliphatic rings. The van der Waals surface area contributed by atoms with E-state index >= 15 is 0 Å². The van der Waals surface area contributed by atoms with E-state index < -0.39 is 23.0 Å². The molecule has 178 valence electrons. The first-order valence-electron chi connectivity index (χ1n) is 11.3. The number of hydrogen-bond acceptors (Lipinski definition) is 6. The maximum Gasteiger partial charge on any atom is 0.408 e. The van der Waals surface area contributed by atoms with E-state index in [1.54, 1.807) is 41.9 Å². The Morgan fingerprint density at radius 2 is 1.77 bits per heavy atom. The van der Waals surface area contributed by atoms with E-state index in [9.17, 15) is 9.59 Å². The third kappa shape index (κ3) is 4.18. The van der Waals surface area contributed by atoms with Crippen LogP contribution in [-0.2, 0) is 23.7 Å². The number of nitrogens with one attached hydrogen (secondary N) is 1. The summed E-state index contributed by atoms with van der Waals surface area (Å²) in [6, 6.07) is -0.369. The van der Waals surface area contributed by atoms with Crippen LogP contribution in [0.25, 0.3) is 0 Å². The largest absolute Gasteiger partial charge is 0.444 e. The molecule has 0 bridgehead atoms. The molecular weight excluding hydrogens is 400 g/mol. The third-order valence-corrected chi connectivity index (χ3v) is 7.09. The Bertz CT molecular complexity index is 715. The molecule has 31 heavy (non-hydrogen) atoms. The molecule has 5 atom stereocenters. The lowest BCUT2D eigenvalue weighted by molar-refractivity contribution is -0.227. The molecule has 0 aromatic heterocycles. The smallest absolute Gasteiger partial charge is 0.408 e. The molecule has 0 aromatic carbocycles. The van der Waals surface area contributed by atoms with Gasteiger partial charge in [0.1, 0.15) is 23.8 Å². The van der Waals surface area contributed by atoms with Gasteiger partial charge in [-0.1, -0.05) is 20.8 Å². The Kier molecular flexibility index (Phi) is 6.17. The average Bonchev–Trinajstić information content (AvgIpc) is 2.99. The van der Waals surface area contributed by atoms with Gasteiger partial charge in [0.05, 0.1) is 6.10 Å². The zero-order valence-corrected chi connectivity index (χ0v) is 20.5. The second-order valence-corrected chi connectivity index (χ2v) is 11.2. The molecule has 0 radical (unpaired) electrons. The summed E-state index contributed by atoms with van der Waals surface area (Å²) in [5.41, 5.74) is -1.86. The van der Waals surface area contributed by atoms with Crippen molar-refractivity contribution in [1.29, 1.82) is 0 Å². The lowest BCUT2D eigenvalue weighted by Crippen LogP contribution is -2.63. The molecule has 2 heterocycles. The molecule has 3 fully saturated rings. The summed E-state index contributed by atoms with van der Waals surface area (Å²) >= 11 is 0. The van der Waals surface area contributed by atoms with Crippen LogP contribution in [0.15, 0.2) is 0 Å². The first-order chi connectivity index (χ1) is 14.2. The standard InChI is InChI=1S/C23H40N2O6/c1-14(2)10-21(7,24-19(27)31-20(4,5)6)18(26)25-12-22(11-15(22)3)17-16(25)23(28-8,29-9)13-30-17/h14-17H,10-13H2,1-9H3,(H,24,27). The van der Waals surface area contributed by atoms with Gasteiger partial charge in [-0.25, -0.2) is 4.79 Å². The van der Waals surface area contributed by atoms with Crippen LogP contribution < -0.4 is 5.32 Å². The minimum atomic E-state index is -1.12. The summed E-state index contributed by atoms with van der Waals surface area (Å²) in [5, 5.41) is 2.89. The second kappa shape index (κ2) is 7.89. The monoisotopic (exact) mass is 440 g/mol. The van der Waals surface area contributed by atoms with E-state index in [0.717, 1.165) is 6.42 Å². The highest BCUT2D eigenvalue weighted by molar-refractivity contribution is 5.90. The van der Waals surface area contributed by atoms with Gasteiger partial charge < -0.3 is 29.2 Å². The van der Waals surface area contributed by atoms with Crippen molar-refractivity contribution in [2.75, 3.05) is 27.4 Å². The topological polar surface area (TPSA) is 86.3 Å². The minimum absolute atomic E-state index is 0.0796. The molecule has 1 aliphatic carbocycles. The minimum Gasteiger partial charge on any atom is -0.444 e. The Hall–Kier alpha value is -1.38. The lowest BCUT2D eigenvalue weighted by Gasteiger charge is -2.41. The van der Waals surface area contributed by atoms with Crippen LogP contribution in [0.5, 0.6) is 0 Å². The molecule has 3 rings (SSSR count). The van der Waals surface area contributed by atoms with Gasteiger partial charge in [-0.2, -0.15) is 0 Å². The molecule has 1 saturated carbocycles. The number of fused-ring (bicyclic) bond motifs is 2. The molecular formula is C23H40N2O6. The molecule has 5 unspecified atom stereocenters. The Balaban J connectivity index is 1.93. The normalized spacial score (nSPS) is 33.4. The predicted octanol–water partition coefficient (Wildman–Crippen LogP) is 2.94. The Morgan fingerprint density at radius 1 is 1.19 bits per heavy atom. The summed E-state index contributed by atoms with van der Waals surface area (Å²) in [6.07, 6.45) is 0.745. The zero-order valence-electron chi connectivity index (χ0n) is 20.5. The summed E-state index contributed by atoms with van der Waals surface area (Å²) in [7, 11) is 3.18. The van der Waals surface area contributed by atoms with E-state index in [1.165, 1.54) is 0 Å². The lowest BCUT2D eigenvalue weighted by atomic mass is 9.88. The van der Waals surface area contributed by atoms with E-state index in [4.69, 9.17) is 18.9 Å². The number of rotatable bonds is 6. The second-order valence-electron chi connectivity index (χ2n) is 11.2. The van der Waals surface area contributed by atoms with Crippen molar-refractivity contribution in [3.63, 3.8) is 0 Å². The summed E-state index contributed by atoms with van der Waals surface area (Å²) in [5.74, 6) is -0.526. The van der Waals surface area contributed by atoms with Crippen LogP contribution >= 0.6 is 0 Å². The zero-order chi connectivity index (χ0) is 23.4. The van der Waals surface area contributed by atoms with Crippen LogP contribution in [0, 0.1) is 17.3 Å². The first-order valence-corrected chi connectivity index (χ1v) is 11.3. The number of ether oxygens (including phenoxy) is 4. The van der Waals surface area contributed by atoms with Crippen LogP contribution in [0.1, 0.15) is 61.3 Å². The molecule has 2 saturated heterocycles. The van der Waals surface area contributed by atoms with Crippen molar-refractivity contribution >= 4 is 12.0 Å². The van der Waals surface area contributed by atoms with Gasteiger partial charge in [0.25, 0.3) is 0 Å². The quantitative estimate of drug-likeness (QED) is 0.639. The summed E-state index contributed by atoms with van der Waals surface area (Å²) < 4.78 is 23.2. The Morgan fingerprint density at radius 3 is 2.23 bits per heavy atom. The van der Waals surface area contributed by atoms with Crippen molar-refractivity contribution in [2.24, 2.45) is 17.3 Å².